The van der Waals surface area contributed by atoms with Crippen LogP contribution in [0.1, 0.15) is 31.1 Å². The zero-order chi connectivity index (χ0) is 16.8. The van der Waals surface area contributed by atoms with E-state index in [9.17, 15) is 18.8 Å². The maximum Gasteiger partial charge on any atom is 0.337 e. The lowest BCUT2D eigenvalue weighted by atomic mass is 10.1. The van der Waals surface area contributed by atoms with Crippen molar-refractivity contribution in [3.63, 3.8) is 0 Å². The smallest absolute Gasteiger partial charge is 0.337 e. The number of hydrogen-bond acceptors (Lipinski definition) is 4. The average molecular weight is 316 g/mol. The van der Waals surface area contributed by atoms with Gasteiger partial charge in [-0.25, -0.2) is 9.18 Å². The maximum absolute atomic E-state index is 13.4. The molecule has 0 unspecified atom stereocenters. The topological polar surface area (TPSA) is 84.5 Å². The summed E-state index contributed by atoms with van der Waals surface area (Å²) >= 11 is 0. The van der Waals surface area contributed by atoms with Crippen molar-refractivity contribution in [2.75, 3.05) is 7.11 Å². The lowest BCUT2D eigenvalue weighted by Crippen LogP contribution is -2.41. The Hall–Kier alpha value is -3.22. The number of esters is 1. The molecule has 6 nitrogen and oxygen atoms in total. The SMILES string of the molecule is COC(=O)c1ccc(C(=O)NNC(=O)c2ccccc2F)cc1. The summed E-state index contributed by atoms with van der Waals surface area (Å²) in [6.07, 6.45) is 0. The predicted octanol–water partition coefficient (Wildman–Crippen LogP) is 1.69. The van der Waals surface area contributed by atoms with E-state index < -0.39 is 23.6 Å². The second-order valence-corrected chi connectivity index (χ2v) is 4.46. The predicted molar refractivity (Wildman–Crippen MR) is 79.1 cm³/mol. The number of ether oxygens (including phenoxy) is 1. The third kappa shape index (κ3) is 3.91. The zero-order valence-electron chi connectivity index (χ0n) is 12.1. The van der Waals surface area contributed by atoms with E-state index in [1.54, 1.807) is 0 Å². The normalized spacial score (nSPS) is 9.83. The van der Waals surface area contributed by atoms with Crippen LogP contribution in [-0.4, -0.2) is 24.9 Å². The first kappa shape index (κ1) is 16.2. The van der Waals surface area contributed by atoms with Gasteiger partial charge in [-0.15, -0.1) is 0 Å². The van der Waals surface area contributed by atoms with Crippen molar-refractivity contribution in [1.29, 1.82) is 0 Å². The van der Waals surface area contributed by atoms with Crippen LogP contribution in [0.3, 0.4) is 0 Å². The van der Waals surface area contributed by atoms with Crippen LogP contribution in [0.25, 0.3) is 0 Å². The van der Waals surface area contributed by atoms with Crippen LogP contribution < -0.4 is 10.9 Å². The number of nitrogens with one attached hydrogen (secondary N) is 2. The van der Waals surface area contributed by atoms with Gasteiger partial charge >= 0.3 is 5.97 Å². The summed E-state index contributed by atoms with van der Waals surface area (Å²) in [5, 5.41) is 0. The Morgan fingerprint density at radius 2 is 1.43 bits per heavy atom. The highest BCUT2D eigenvalue weighted by Crippen LogP contribution is 2.07. The highest BCUT2D eigenvalue weighted by molar-refractivity contribution is 5.99. The molecule has 0 aliphatic rings. The number of hydrogen-bond donors (Lipinski definition) is 2. The molecule has 0 atom stereocenters. The standard InChI is InChI=1S/C16H13FN2O4/c1-23-16(22)11-8-6-10(7-9-11)14(20)18-19-15(21)12-4-2-3-5-13(12)17/h2-9H,1H3,(H,18,20)(H,19,21). The van der Waals surface area contributed by atoms with Gasteiger partial charge in [0.2, 0.25) is 0 Å². The largest absolute Gasteiger partial charge is 0.465 e. The van der Waals surface area contributed by atoms with Crippen LogP contribution in [0.15, 0.2) is 48.5 Å². The highest BCUT2D eigenvalue weighted by atomic mass is 19.1. The van der Waals surface area contributed by atoms with Gasteiger partial charge in [0.1, 0.15) is 5.82 Å². The minimum Gasteiger partial charge on any atom is -0.465 e. The molecule has 2 aromatic rings. The van der Waals surface area contributed by atoms with Crippen molar-refractivity contribution < 1.29 is 23.5 Å². The number of rotatable bonds is 3. The Bertz CT molecular complexity index is 744. The third-order valence-corrected chi connectivity index (χ3v) is 2.98. The molecule has 2 aromatic carbocycles. The van der Waals surface area contributed by atoms with E-state index in [2.05, 4.69) is 15.6 Å². The molecule has 23 heavy (non-hydrogen) atoms. The molecule has 0 saturated carbocycles. The summed E-state index contributed by atoms with van der Waals surface area (Å²) in [6.45, 7) is 0. The Kier molecular flexibility index (Phi) is 5.03. The zero-order valence-corrected chi connectivity index (χ0v) is 12.1. The summed E-state index contributed by atoms with van der Waals surface area (Å²) in [6, 6.07) is 11.0. The monoisotopic (exact) mass is 316 g/mol. The second-order valence-electron chi connectivity index (χ2n) is 4.46. The summed E-state index contributed by atoms with van der Waals surface area (Å²) in [4.78, 5) is 34.9. The van der Waals surface area contributed by atoms with Crippen molar-refractivity contribution >= 4 is 17.8 Å². The van der Waals surface area contributed by atoms with Gasteiger partial charge in [-0.3, -0.25) is 20.4 Å². The lowest BCUT2D eigenvalue weighted by molar-refractivity contribution is 0.0600. The van der Waals surface area contributed by atoms with E-state index in [-0.39, 0.29) is 11.1 Å². The maximum atomic E-state index is 13.4. The van der Waals surface area contributed by atoms with Crippen molar-refractivity contribution in [1.82, 2.24) is 10.9 Å². The molecule has 2 amide bonds. The molecule has 0 fully saturated rings. The van der Waals surface area contributed by atoms with Crippen LogP contribution >= 0.6 is 0 Å². The van der Waals surface area contributed by atoms with E-state index in [0.717, 1.165) is 6.07 Å². The van der Waals surface area contributed by atoms with Gasteiger partial charge in [-0.05, 0) is 36.4 Å². The van der Waals surface area contributed by atoms with Gasteiger partial charge in [0, 0.05) is 5.56 Å². The van der Waals surface area contributed by atoms with Crippen molar-refractivity contribution in [2.45, 2.75) is 0 Å². The van der Waals surface area contributed by atoms with Gasteiger partial charge in [-0.1, -0.05) is 12.1 Å². The van der Waals surface area contributed by atoms with E-state index in [1.165, 1.54) is 49.6 Å². The van der Waals surface area contributed by atoms with Crippen molar-refractivity contribution in [2.24, 2.45) is 0 Å². The number of amides is 2. The Morgan fingerprint density at radius 1 is 0.870 bits per heavy atom. The molecule has 0 saturated heterocycles. The first-order valence-electron chi connectivity index (χ1n) is 6.56. The quantitative estimate of drug-likeness (QED) is 0.666. The summed E-state index contributed by atoms with van der Waals surface area (Å²) in [5.41, 5.74) is 4.60. The van der Waals surface area contributed by atoms with E-state index in [4.69, 9.17) is 0 Å². The first-order chi connectivity index (χ1) is 11.0. The summed E-state index contributed by atoms with van der Waals surface area (Å²) in [5.74, 6) is -2.60. The van der Waals surface area contributed by atoms with Crippen LogP contribution in [0.4, 0.5) is 4.39 Å². The van der Waals surface area contributed by atoms with E-state index in [0.29, 0.717) is 5.56 Å². The molecular weight excluding hydrogens is 303 g/mol. The summed E-state index contributed by atoms with van der Waals surface area (Å²) in [7, 11) is 1.25. The van der Waals surface area contributed by atoms with Gasteiger partial charge in [0.05, 0.1) is 18.2 Å². The molecule has 2 N–H and O–H groups in total. The van der Waals surface area contributed by atoms with Crippen LogP contribution in [-0.2, 0) is 4.74 Å². The average Bonchev–Trinajstić information content (AvgIpc) is 2.59. The van der Waals surface area contributed by atoms with Gasteiger partial charge < -0.3 is 4.74 Å². The van der Waals surface area contributed by atoms with Gasteiger partial charge in [0.25, 0.3) is 11.8 Å². The Labute approximate surface area is 131 Å². The molecule has 118 valence electrons. The second kappa shape index (κ2) is 7.17. The molecule has 0 radical (unpaired) electrons. The lowest BCUT2D eigenvalue weighted by Gasteiger charge is -2.08. The first-order valence-corrected chi connectivity index (χ1v) is 6.56. The van der Waals surface area contributed by atoms with E-state index >= 15 is 0 Å². The number of benzene rings is 2. The number of halogens is 1. The molecule has 0 aliphatic carbocycles. The molecule has 7 heteroatoms. The fourth-order valence-electron chi connectivity index (χ4n) is 1.77. The van der Waals surface area contributed by atoms with Crippen LogP contribution in [0.2, 0.25) is 0 Å². The van der Waals surface area contributed by atoms with Gasteiger partial charge in [0.15, 0.2) is 0 Å². The molecule has 0 spiro atoms. The Morgan fingerprint density at radius 3 is 2.04 bits per heavy atom. The molecule has 2 rings (SSSR count). The third-order valence-electron chi connectivity index (χ3n) is 2.98. The van der Waals surface area contributed by atoms with Crippen molar-refractivity contribution in [3.8, 4) is 0 Å². The van der Waals surface area contributed by atoms with Gasteiger partial charge in [-0.2, -0.15) is 0 Å². The molecule has 0 heterocycles. The number of carbonyl (C=O) groups excluding carboxylic acids is 3. The minimum atomic E-state index is -0.775. The molecule has 0 aromatic heterocycles. The highest BCUT2D eigenvalue weighted by Gasteiger charge is 2.13. The minimum absolute atomic E-state index is 0.186. The molecular formula is C16H13FN2O4. The van der Waals surface area contributed by atoms with Crippen LogP contribution in [0, 0.1) is 5.82 Å². The van der Waals surface area contributed by atoms with Crippen molar-refractivity contribution in [3.05, 3.63) is 71.0 Å². The molecule has 0 aliphatic heterocycles. The number of hydrazine groups is 1. The molecule has 0 bridgehead atoms. The number of carbonyl (C=O) groups is 3. The number of methoxy groups -OCH3 is 1. The fraction of sp³-hybridized carbons (Fsp3) is 0.0625. The Balaban J connectivity index is 1.98. The van der Waals surface area contributed by atoms with E-state index in [1.807, 2.05) is 0 Å². The summed E-state index contributed by atoms with van der Waals surface area (Å²) < 4.78 is 18.0. The fourth-order valence-corrected chi connectivity index (χ4v) is 1.77. The van der Waals surface area contributed by atoms with Crippen LogP contribution in [0.5, 0.6) is 0 Å².